The first kappa shape index (κ1) is 12.0. The Morgan fingerprint density at radius 3 is 3.25 bits per heavy atom. The lowest BCUT2D eigenvalue weighted by Crippen LogP contribution is -2.53. The summed E-state index contributed by atoms with van der Waals surface area (Å²) in [6.45, 7) is 0. The van der Waals surface area contributed by atoms with Gasteiger partial charge < -0.3 is 4.74 Å². The second kappa shape index (κ2) is 5.22. The third kappa shape index (κ3) is 2.27. The van der Waals surface area contributed by atoms with Crippen LogP contribution < -0.4 is 0 Å². The molecule has 86 valence electrons. The second-order valence-electron chi connectivity index (χ2n) is 3.28. The van der Waals surface area contributed by atoms with Gasteiger partial charge in [-0.1, -0.05) is 22.6 Å². The molecule has 0 spiro atoms. The number of nitrogens with zero attached hydrogens (tertiary/aromatic N) is 1. The highest BCUT2D eigenvalue weighted by atomic mass is 127. The fourth-order valence-electron chi connectivity index (χ4n) is 1.53. The number of carbonyl (C=O) groups is 2. The molecule has 2 aliphatic heterocycles. The Labute approximate surface area is 111 Å². The molecule has 0 saturated carbocycles. The van der Waals surface area contributed by atoms with E-state index in [-0.39, 0.29) is 11.3 Å². The second-order valence-corrected chi connectivity index (χ2v) is 5.37. The predicted octanol–water partition coefficient (Wildman–Crippen LogP) is 1.67. The Balaban J connectivity index is 2.02. The van der Waals surface area contributed by atoms with Crippen LogP contribution in [0.15, 0.2) is 24.1 Å². The van der Waals surface area contributed by atoms with Crippen molar-refractivity contribution in [2.24, 2.45) is 0 Å². The van der Waals surface area contributed by atoms with Gasteiger partial charge in [0.05, 0.1) is 18.1 Å². The number of esters is 1. The van der Waals surface area contributed by atoms with Gasteiger partial charge in [-0.15, -0.1) is 11.8 Å². The SMILES string of the molecule is O=C(O/C=C/CI)C1=CCS[C@@H]2CC(=O)N12. The molecular formula is C10H10INO3S. The number of β-lactam (4-membered cyclic amide) rings is 1. The van der Waals surface area contributed by atoms with E-state index in [0.717, 1.165) is 10.2 Å². The van der Waals surface area contributed by atoms with E-state index in [2.05, 4.69) is 22.6 Å². The Hall–Kier alpha value is -0.500. The third-order valence-corrected chi connectivity index (χ3v) is 3.93. The van der Waals surface area contributed by atoms with Gasteiger partial charge in [-0.05, 0) is 12.2 Å². The van der Waals surface area contributed by atoms with Gasteiger partial charge in [-0.25, -0.2) is 4.79 Å². The highest BCUT2D eigenvalue weighted by molar-refractivity contribution is 14.1. The molecule has 0 aliphatic carbocycles. The minimum Gasteiger partial charge on any atom is -0.430 e. The van der Waals surface area contributed by atoms with Crippen molar-refractivity contribution in [3.05, 3.63) is 24.1 Å². The zero-order valence-electron chi connectivity index (χ0n) is 8.39. The zero-order valence-corrected chi connectivity index (χ0v) is 11.4. The number of thioether (sulfide) groups is 1. The highest BCUT2D eigenvalue weighted by Crippen LogP contribution is 2.37. The van der Waals surface area contributed by atoms with Crippen LogP contribution in [0, 0.1) is 0 Å². The van der Waals surface area contributed by atoms with E-state index in [9.17, 15) is 9.59 Å². The minimum absolute atomic E-state index is 0.00160. The van der Waals surface area contributed by atoms with Gasteiger partial charge in [0.2, 0.25) is 5.91 Å². The van der Waals surface area contributed by atoms with E-state index in [1.165, 1.54) is 11.2 Å². The van der Waals surface area contributed by atoms with Crippen LogP contribution in [0.5, 0.6) is 0 Å². The maximum Gasteiger partial charge on any atom is 0.359 e. The van der Waals surface area contributed by atoms with Crippen molar-refractivity contribution in [1.82, 2.24) is 4.90 Å². The molecule has 0 N–H and O–H groups in total. The van der Waals surface area contributed by atoms with Gasteiger partial charge in [0, 0.05) is 10.2 Å². The summed E-state index contributed by atoms with van der Waals surface area (Å²) in [5.41, 5.74) is 0.387. The lowest BCUT2D eigenvalue weighted by atomic mass is 10.1. The summed E-state index contributed by atoms with van der Waals surface area (Å²) in [4.78, 5) is 24.5. The summed E-state index contributed by atoms with van der Waals surface area (Å²) in [7, 11) is 0. The molecule has 2 heterocycles. The smallest absolute Gasteiger partial charge is 0.359 e. The number of ether oxygens (including phenoxy) is 1. The molecule has 0 aromatic heterocycles. The molecule has 0 aromatic rings. The number of amides is 1. The van der Waals surface area contributed by atoms with Crippen LogP contribution in [0.4, 0.5) is 0 Å². The van der Waals surface area contributed by atoms with Crippen LogP contribution >= 0.6 is 34.4 Å². The lowest BCUT2D eigenvalue weighted by Gasteiger charge is -2.42. The molecule has 2 aliphatic rings. The number of carbonyl (C=O) groups excluding carboxylic acids is 2. The average molecular weight is 351 g/mol. The Morgan fingerprint density at radius 2 is 2.56 bits per heavy atom. The highest BCUT2D eigenvalue weighted by Gasteiger charge is 2.43. The quantitative estimate of drug-likeness (QED) is 0.255. The van der Waals surface area contributed by atoms with E-state index in [4.69, 9.17) is 4.74 Å². The molecule has 0 bridgehead atoms. The molecule has 1 fully saturated rings. The molecule has 2 rings (SSSR count). The molecule has 4 nitrogen and oxygen atoms in total. The maximum atomic E-state index is 11.7. The number of rotatable bonds is 3. The topological polar surface area (TPSA) is 46.6 Å². The molecule has 0 aromatic carbocycles. The van der Waals surface area contributed by atoms with Crippen molar-refractivity contribution in [1.29, 1.82) is 0 Å². The van der Waals surface area contributed by atoms with Crippen molar-refractivity contribution in [2.75, 3.05) is 10.2 Å². The summed E-state index contributed by atoms with van der Waals surface area (Å²) in [5, 5.41) is 0.133. The monoisotopic (exact) mass is 351 g/mol. The van der Waals surface area contributed by atoms with Crippen LogP contribution in [0.1, 0.15) is 6.42 Å². The predicted molar refractivity (Wildman–Crippen MR) is 69.9 cm³/mol. The van der Waals surface area contributed by atoms with E-state index in [1.54, 1.807) is 23.9 Å². The fraction of sp³-hybridized carbons (Fsp3) is 0.400. The lowest BCUT2D eigenvalue weighted by molar-refractivity contribution is -0.146. The molecule has 16 heavy (non-hydrogen) atoms. The molecule has 0 radical (unpaired) electrons. The van der Waals surface area contributed by atoms with Crippen LogP contribution in [-0.2, 0) is 14.3 Å². The molecule has 1 saturated heterocycles. The maximum absolute atomic E-state index is 11.7. The number of hydrogen-bond acceptors (Lipinski definition) is 4. The number of alkyl halides is 1. The van der Waals surface area contributed by atoms with Gasteiger partial charge in [0.1, 0.15) is 5.70 Å². The van der Waals surface area contributed by atoms with E-state index >= 15 is 0 Å². The zero-order chi connectivity index (χ0) is 11.5. The Kier molecular flexibility index (Phi) is 3.91. The first-order chi connectivity index (χ1) is 7.74. The molecule has 1 atom stereocenters. The molecule has 1 amide bonds. The van der Waals surface area contributed by atoms with Gasteiger partial charge in [-0.2, -0.15) is 0 Å². The Morgan fingerprint density at radius 1 is 1.75 bits per heavy atom. The summed E-state index contributed by atoms with van der Waals surface area (Å²) >= 11 is 3.82. The number of halogens is 1. The van der Waals surface area contributed by atoms with Gasteiger partial charge in [-0.3, -0.25) is 9.69 Å². The van der Waals surface area contributed by atoms with Gasteiger partial charge in [0.15, 0.2) is 0 Å². The summed E-state index contributed by atoms with van der Waals surface area (Å²) < 4.78 is 5.71. The Bertz CT molecular complexity index is 380. The van der Waals surface area contributed by atoms with Crippen LogP contribution in [0.3, 0.4) is 0 Å². The van der Waals surface area contributed by atoms with Gasteiger partial charge in [0.25, 0.3) is 0 Å². The largest absolute Gasteiger partial charge is 0.430 e. The van der Waals surface area contributed by atoms with Crippen molar-refractivity contribution >= 4 is 46.2 Å². The third-order valence-electron chi connectivity index (χ3n) is 2.30. The summed E-state index contributed by atoms with van der Waals surface area (Å²) in [6, 6.07) is 0. The van der Waals surface area contributed by atoms with Crippen molar-refractivity contribution in [3.63, 3.8) is 0 Å². The van der Waals surface area contributed by atoms with E-state index in [0.29, 0.717) is 12.1 Å². The first-order valence-electron chi connectivity index (χ1n) is 4.80. The number of allylic oxidation sites excluding steroid dienone is 1. The standard InChI is InChI=1S/C10H10INO3S/c11-3-1-4-15-10(14)7-2-5-16-9-6-8(13)12(7)9/h1-2,4,9H,3,5-6H2/b4-1+/t9-/m1/s1. The van der Waals surface area contributed by atoms with Crippen molar-refractivity contribution < 1.29 is 14.3 Å². The van der Waals surface area contributed by atoms with Crippen LogP contribution in [0.25, 0.3) is 0 Å². The van der Waals surface area contributed by atoms with Crippen molar-refractivity contribution in [3.8, 4) is 0 Å². The van der Waals surface area contributed by atoms with Gasteiger partial charge >= 0.3 is 5.97 Å². The molecule has 6 heteroatoms. The normalized spacial score (nSPS) is 23.8. The summed E-state index contributed by atoms with van der Waals surface area (Å²) in [6.07, 6.45) is 5.39. The van der Waals surface area contributed by atoms with Crippen LogP contribution in [-0.4, -0.2) is 32.3 Å². The summed E-state index contributed by atoms with van der Waals surface area (Å²) in [5.74, 6) is 0.312. The molecule has 0 unspecified atom stereocenters. The number of hydrogen-bond donors (Lipinski definition) is 0. The first-order valence-corrected chi connectivity index (χ1v) is 7.37. The average Bonchev–Trinajstić information content (AvgIpc) is 2.27. The molecular weight excluding hydrogens is 341 g/mol. The van der Waals surface area contributed by atoms with E-state index in [1.807, 2.05) is 0 Å². The fourth-order valence-corrected chi connectivity index (χ4v) is 2.86. The van der Waals surface area contributed by atoms with Crippen molar-refractivity contribution in [2.45, 2.75) is 11.8 Å². The van der Waals surface area contributed by atoms with E-state index < -0.39 is 5.97 Å². The van der Waals surface area contributed by atoms with Crippen LogP contribution in [0.2, 0.25) is 0 Å². The minimum atomic E-state index is -0.445. The number of fused-ring (bicyclic) bond motifs is 1.